The topological polar surface area (TPSA) is 51.3 Å². The molecule has 2 aromatic carbocycles. The van der Waals surface area contributed by atoms with Gasteiger partial charge in [-0.15, -0.1) is 0 Å². The Labute approximate surface area is 195 Å². The van der Waals surface area contributed by atoms with Crippen molar-refractivity contribution in [3.63, 3.8) is 0 Å². The highest BCUT2D eigenvalue weighted by Gasteiger charge is 2.11. The van der Waals surface area contributed by atoms with Gasteiger partial charge < -0.3 is 9.13 Å². The molecule has 0 aliphatic rings. The average molecular weight is 439 g/mol. The number of aryl methyl sites for hydroxylation is 5. The van der Waals surface area contributed by atoms with E-state index in [1.54, 1.807) is 6.21 Å². The second kappa shape index (κ2) is 8.94. The van der Waals surface area contributed by atoms with Gasteiger partial charge in [-0.2, -0.15) is 5.10 Å². The average Bonchev–Trinajstić information content (AvgIpc) is 3.24. The van der Waals surface area contributed by atoms with Gasteiger partial charge in [-0.1, -0.05) is 6.07 Å². The van der Waals surface area contributed by atoms with Crippen molar-refractivity contribution in [2.24, 2.45) is 5.10 Å². The maximum Gasteiger partial charge on any atom is 0.271 e. The molecule has 2 aromatic heterocycles. The normalized spacial score (nSPS) is 11.3. The molecule has 4 aromatic rings. The molecule has 0 saturated carbocycles. The Morgan fingerprint density at radius 2 is 1.33 bits per heavy atom. The van der Waals surface area contributed by atoms with Crippen LogP contribution in [0.15, 0.2) is 65.8 Å². The van der Waals surface area contributed by atoms with Crippen molar-refractivity contribution in [2.75, 3.05) is 0 Å². The highest BCUT2D eigenvalue weighted by Crippen LogP contribution is 2.22. The highest BCUT2D eigenvalue weighted by molar-refractivity contribution is 5.95. The minimum Gasteiger partial charge on any atom is -0.319 e. The third-order valence-electron chi connectivity index (χ3n) is 5.96. The zero-order valence-electron chi connectivity index (χ0n) is 20.1. The third-order valence-corrected chi connectivity index (χ3v) is 5.96. The number of hydrogen-bond acceptors (Lipinski definition) is 2. The Morgan fingerprint density at radius 1 is 0.727 bits per heavy atom. The second-order valence-electron chi connectivity index (χ2n) is 8.71. The van der Waals surface area contributed by atoms with Gasteiger partial charge in [-0.05, 0) is 107 Å². The van der Waals surface area contributed by atoms with E-state index in [1.165, 1.54) is 11.1 Å². The van der Waals surface area contributed by atoms with Crippen LogP contribution in [0, 0.1) is 41.5 Å². The van der Waals surface area contributed by atoms with Crippen molar-refractivity contribution in [3.8, 4) is 11.4 Å². The summed E-state index contributed by atoms with van der Waals surface area (Å²) < 4.78 is 4.37. The van der Waals surface area contributed by atoms with Crippen molar-refractivity contribution in [3.05, 3.63) is 106 Å². The lowest BCUT2D eigenvalue weighted by Crippen LogP contribution is -2.17. The number of nitrogens with zero attached hydrogens (tertiary/aromatic N) is 3. The van der Waals surface area contributed by atoms with Crippen LogP contribution in [0.2, 0.25) is 0 Å². The minimum atomic E-state index is -0.234. The van der Waals surface area contributed by atoms with Gasteiger partial charge >= 0.3 is 0 Å². The predicted octanol–water partition coefficient (Wildman–Crippen LogP) is 5.88. The highest BCUT2D eigenvalue weighted by atomic mass is 16.2. The van der Waals surface area contributed by atoms with Gasteiger partial charge in [-0.3, -0.25) is 4.79 Å². The molecule has 1 amide bonds. The smallest absolute Gasteiger partial charge is 0.271 e. The zero-order valence-corrected chi connectivity index (χ0v) is 20.1. The van der Waals surface area contributed by atoms with Crippen LogP contribution in [0.25, 0.3) is 11.4 Å². The van der Waals surface area contributed by atoms with Crippen LogP contribution in [-0.2, 0) is 0 Å². The number of rotatable bonds is 5. The molecule has 0 spiro atoms. The van der Waals surface area contributed by atoms with E-state index >= 15 is 0 Å². The van der Waals surface area contributed by atoms with E-state index in [0.717, 1.165) is 39.7 Å². The van der Waals surface area contributed by atoms with Crippen LogP contribution in [0.1, 0.15) is 49.8 Å². The predicted molar refractivity (Wildman–Crippen MR) is 135 cm³/mol. The first-order valence-electron chi connectivity index (χ1n) is 11.1. The molecule has 168 valence electrons. The Hall–Kier alpha value is -3.86. The lowest BCUT2D eigenvalue weighted by atomic mass is 10.1. The minimum absolute atomic E-state index is 0.234. The van der Waals surface area contributed by atoms with Crippen LogP contribution < -0.4 is 5.43 Å². The molecule has 0 bridgehead atoms. The quantitative estimate of drug-likeness (QED) is 0.307. The Bertz CT molecular complexity index is 1310. The third kappa shape index (κ3) is 4.53. The molecule has 2 heterocycles. The van der Waals surface area contributed by atoms with E-state index in [4.69, 9.17) is 0 Å². The van der Waals surface area contributed by atoms with Crippen LogP contribution in [0.3, 0.4) is 0 Å². The SMILES string of the molecule is Cc1cc(C)cc(-n2c(C)cc(C=NNC(=O)c3ccc(-n4c(C)ccc4C)cc3)c2C)c1. The number of hydrazone groups is 1. The Morgan fingerprint density at radius 3 is 1.94 bits per heavy atom. The van der Waals surface area contributed by atoms with Crippen molar-refractivity contribution < 1.29 is 4.79 Å². The van der Waals surface area contributed by atoms with E-state index in [-0.39, 0.29) is 5.91 Å². The van der Waals surface area contributed by atoms with Crippen molar-refractivity contribution in [2.45, 2.75) is 41.5 Å². The van der Waals surface area contributed by atoms with E-state index in [9.17, 15) is 4.79 Å². The molecular formula is C28H30N4O. The van der Waals surface area contributed by atoms with Gasteiger partial charge in [0.15, 0.2) is 0 Å². The maximum absolute atomic E-state index is 12.6. The summed E-state index contributed by atoms with van der Waals surface area (Å²) in [5.74, 6) is -0.234. The molecule has 0 saturated heterocycles. The number of aromatic nitrogens is 2. The van der Waals surface area contributed by atoms with Gasteiger partial charge in [-0.25, -0.2) is 5.43 Å². The molecule has 5 nitrogen and oxygen atoms in total. The van der Waals surface area contributed by atoms with E-state index < -0.39 is 0 Å². The summed E-state index contributed by atoms with van der Waals surface area (Å²) in [7, 11) is 0. The molecule has 0 aliphatic heterocycles. The first-order valence-corrected chi connectivity index (χ1v) is 11.1. The molecule has 0 atom stereocenters. The van der Waals surface area contributed by atoms with Crippen LogP contribution in [-0.4, -0.2) is 21.3 Å². The standard InChI is InChI=1S/C28H30N4O/c1-18-13-19(2)15-27(14-18)32-22(5)16-25(23(32)6)17-29-30-28(33)24-9-11-26(12-10-24)31-20(3)7-8-21(31)4/h7-17H,1-6H3,(H,30,33). The van der Waals surface area contributed by atoms with Crippen molar-refractivity contribution in [1.82, 2.24) is 14.6 Å². The van der Waals surface area contributed by atoms with E-state index in [0.29, 0.717) is 5.56 Å². The molecule has 0 fully saturated rings. The van der Waals surface area contributed by atoms with Gasteiger partial charge in [0.1, 0.15) is 0 Å². The van der Waals surface area contributed by atoms with Crippen LogP contribution in [0.5, 0.6) is 0 Å². The summed E-state index contributed by atoms with van der Waals surface area (Å²) in [6.07, 6.45) is 1.71. The number of amides is 1. The summed E-state index contributed by atoms with van der Waals surface area (Å²) in [5, 5.41) is 4.22. The van der Waals surface area contributed by atoms with Gasteiger partial charge in [0.2, 0.25) is 0 Å². The van der Waals surface area contributed by atoms with Crippen LogP contribution >= 0.6 is 0 Å². The van der Waals surface area contributed by atoms with Gasteiger partial charge in [0.25, 0.3) is 5.91 Å². The molecule has 0 radical (unpaired) electrons. The van der Waals surface area contributed by atoms with Gasteiger partial charge in [0.05, 0.1) is 6.21 Å². The number of hydrogen-bond donors (Lipinski definition) is 1. The summed E-state index contributed by atoms with van der Waals surface area (Å²) in [4.78, 5) is 12.6. The molecule has 0 aliphatic carbocycles. The number of nitrogens with one attached hydrogen (secondary N) is 1. The molecule has 5 heteroatoms. The number of carbonyl (C=O) groups is 1. The maximum atomic E-state index is 12.6. The molecular weight excluding hydrogens is 408 g/mol. The summed E-state index contributed by atoms with van der Waals surface area (Å²) in [5.41, 5.74) is 13.4. The fourth-order valence-corrected chi connectivity index (χ4v) is 4.46. The first kappa shape index (κ1) is 22.3. The van der Waals surface area contributed by atoms with E-state index in [2.05, 4.69) is 97.6 Å². The van der Waals surface area contributed by atoms with Gasteiger partial charge in [0, 0.05) is 45.3 Å². The lowest BCUT2D eigenvalue weighted by molar-refractivity contribution is 0.0955. The molecule has 33 heavy (non-hydrogen) atoms. The van der Waals surface area contributed by atoms with Crippen LogP contribution in [0.4, 0.5) is 0 Å². The molecule has 4 rings (SSSR count). The molecule has 0 unspecified atom stereocenters. The van der Waals surface area contributed by atoms with E-state index in [1.807, 2.05) is 24.3 Å². The monoisotopic (exact) mass is 438 g/mol. The summed E-state index contributed by atoms with van der Waals surface area (Å²) >= 11 is 0. The molecule has 1 N–H and O–H groups in total. The van der Waals surface area contributed by atoms with Crippen molar-refractivity contribution in [1.29, 1.82) is 0 Å². The Balaban J connectivity index is 1.49. The zero-order chi connectivity index (χ0) is 23.7. The fourth-order valence-electron chi connectivity index (χ4n) is 4.46. The lowest BCUT2D eigenvalue weighted by Gasteiger charge is -2.11. The fraction of sp³-hybridized carbons (Fsp3) is 0.214. The summed E-state index contributed by atoms with van der Waals surface area (Å²) in [6, 6.07) is 20.3. The first-order chi connectivity index (χ1) is 15.7. The largest absolute Gasteiger partial charge is 0.319 e. The second-order valence-corrected chi connectivity index (χ2v) is 8.71. The number of benzene rings is 2. The van der Waals surface area contributed by atoms with Crippen molar-refractivity contribution >= 4 is 12.1 Å². The summed E-state index contributed by atoms with van der Waals surface area (Å²) in [6.45, 7) is 12.5. The Kier molecular flexibility index (Phi) is 6.05. The number of carbonyl (C=O) groups excluding carboxylic acids is 1.